The first-order valence-corrected chi connectivity index (χ1v) is 18.0. The summed E-state index contributed by atoms with van der Waals surface area (Å²) in [5.74, 6) is 0.524. The second-order valence-electron chi connectivity index (χ2n) is 13.3. The van der Waals surface area contributed by atoms with Gasteiger partial charge in [-0.15, -0.1) is 0 Å². The number of fused-ring (bicyclic) bond motifs is 3. The van der Waals surface area contributed by atoms with Crippen LogP contribution in [0.25, 0.3) is 101 Å². The van der Waals surface area contributed by atoms with Crippen LogP contribution in [0, 0.1) is 0 Å². The summed E-state index contributed by atoms with van der Waals surface area (Å²) >= 11 is 0. The zero-order valence-electron chi connectivity index (χ0n) is 34.4. The Balaban J connectivity index is 1.14. The van der Waals surface area contributed by atoms with Crippen molar-refractivity contribution < 1.29 is 11.3 Å². The molecule has 0 saturated carbocycles. The molecule has 4 nitrogen and oxygen atoms in total. The van der Waals surface area contributed by atoms with Crippen LogP contribution < -0.4 is 0 Å². The molecule has 8 aromatic carbocycles. The van der Waals surface area contributed by atoms with Gasteiger partial charge in [-0.2, -0.15) is 0 Å². The lowest BCUT2D eigenvalue weighted by Crippen LogP contribution is -2.00. The van der Waals surface area contributed by atoms with Crippen LogP contribution in [0.2, 0.25) is 0 Å². The maximum Gasteiger partial charge on any atom is 0.164 e. The van der Waals surface area contributed by atoms with E-state index in [0.29, 0.717) is 22.5 Å². The lowest BCUT2D eigenvalue weighted by molar-refractivity contribution is 0.669. The minimum atomic E-state index is -0.489. The van der Waals surface area contributed by atoms with E-state index in [0.717, 1.165) is 60.9 Å². The van der Waals surface area contributed by atoms with E-state index in [1.54, 1.807) is 0 Å². The van der Waals surface area contributed by atoms with Gasteiger partial charge in [0.1, 0.15) is 11.2 Å². The maximum absolute atomic E-state index is 8.75. The first-order valence-electron chi connectivity index (χ1n) is 20.5. The third-order valence-electron chi connectivity index (χ3n) is 9.85. The lowest BCUT2D eigenvalue weighted by Gasteiger charge is -2.10. The Morgan fingerprint density at radius 2 is 0.782 bits per heavy atom. The molecule has 0 fully saturated rings. The van der Waals surface area contributed by atoms with Crippen molar-refractivity contribution in [3.8, 4) is 78.7 Å². The molecule has 55 heavy (non-hydrogen) atoms. The predicted octanol–water partition coefficient (Wildman–Crippen LogP) is 13.4. The van der Waals surface area contributed by atoms with Crippen molar-refractivity contribution >= 4 is 21.9 Å². The highest BCUT2D eigenvalue weighted by Gasteiger charge is 2.18. The fourth-order valence-corrected chi connectivity index (χ4v) is 7.09. The molecule has 0 bridgehead atoms. The van der Waals surface area contributed by atoms with Gasteiger partial charge < -0.3 is 4.42 Å². The van der Waals surface area contributed by atoms with E-state index in [1.165, 1.54) is 0 Å². The van der Waals surface area contributed by atoms with Crippen molar-refractivity contribution in [2.75, 3.05) is 0 Å². The fourth-order valence-electron chi connectivity index (χ4n) is 7.09. The number of benzene rings is 8. The number of nitrogens with zero attached hydrogens (tertiary/aromatic N) is 3. The first-order chi connectivity index (χ1) is 29.3. The van der Waals surface area contributed by atoms with Crippen LogP contribution in [0.1, 0.15) is 6.85 Å². The van der Waals surface area contributed by atoms with E-state index in [2.05, 4.69) is 60.7 Å². The van der Waals surface area contributed by atoms with E-state index in [1.807, 2.05) is 109 Å². The molecule has 0 amide bonds. The molecule has 4 heteroatoms. The second-order valence-corrected chi connectivity index (χ2v) is 13.3. The zero-order chi connectivity index (χ0) is 40.9. The largest absolute Gasteiger partial charge is 0.456 e. The van der Waals surface area contributed by atoms with Gasteiger partial charge in [-0.25, -0.2) is 15.0 Å². The van der Waals surface area contributed by atoms with E-state index >= 15 is 0 Å². The van der Waals surface area contributed by atoms with Crippen molar-refractivity contribution in [3.63, 3.8) is 0 Å². The van der Waals surface area contributed by atoms with Crippen LogP contribution >= 0.6 is 0 Å². The lowest BCUT2D eigenvalue weighted by atomic mass is 9.93. The third kappa shape index (κ3) is 6.26. The van der Waals surface area contributed by atoms with Crippen LogP contribution in [0.15, 0.2) is 204 Å². The van der Waals surface area contributed by atoms with Crippen molar-refractivity contribution in [2.45, 2.75) is 0 Å². The Bertz CT molecular complexity index is 3200. The molecular weight excluding hydrogens is 671 g/mol. The molecule has 0 spiro atoms. The summed E-state index contributed by atoms with van der Waals surface area (Å²) in [5, 5.41) is 1.88. The average Bonchev–Trinajstić information content (AvgIpc) is 3.69. The third-order valence-corrected chi connectivity index (χ3v) is 9.85. The summed E-state index contributed by atoms with van der Waals surface area (Å²) in [5.41, 5.74) is 11.0. The van der Waals surface area contributed by atoms with Gasteiger partial charge in [0.05, 0.1) is 6.85 Å². The normalized spacial score (nSPS) is 12.5. The van der Waals surface area contributed by atoms with E-state index in [4.69, 9.17) is 26.2 Å². The van der Waals surface area contributed by atoms with Gasteiger partial charge in [0, 0.05) is 27.5 Å². The van der Waals surface area contributed by atoms with Crippen molar-refractivity contribution in [3.05, 3.63) is 200 Å². The van der Waals surface area contributed by atoms with Crippen LogP contribution in [0.5, 0.6) is 0 Å². The molecule has 0 aliphatic carbocycles. The van der Waals surface area contributed by atoms with Gasteiger partial charge in [0.15, 0.2) is 17.5 Å². The Labute approximate surface area is 326 Å². The first kappa shape index (κ1) is 27.2. The van der Waals surface area contributed by atoms with Crippen LogP contribution in [-0.2, 0) is 0 Å². The summed E-state index contributed by atoms with van der Waals surface area (Å²) in [7, 11) is 0. The topological polar surface area (TPSA) is 51.8 Å². The Hall–Kier alpha value is -7.43. The van der Waals surface area contributed by atoms with Gasteiger partial charge >= 0.3 is 0 Å². The van der Waals surface area contributed by atoms with Gasteiger partial charge in [0.25, 0.3) is 0 Å². The molecule has 0 saturated heterocycles. The minimum absolute atomic E-state index is 0.0300. The summed E-state index contributed by atoms with van der Waals surface area (Å²) in [6.45, 7) is 0. The van der Waals surface area contributed by atoms with E-state index < -0.39 is 30.2 Å². The molecule has 0 radical (unpaired) electrons. The molecule has 0 N–H and O–H groups in total. The smallest absolute Gasteiger partial charge is 0.164 e. The Morgan fingerprint density at radius 1 is 0.345 bits per heavy atom. The molecular formula is C51H33N3O. The maximum atomic E-state index is 8.75. The molecule has 10 aromatic rings. The summed E-state index contributed by atoms with van der Waals surface area (Å²) < 4.78 is 49.1. The highest BCUT2D eigenvalue weighted by molar-refractivity contribution is 6.14. The van der Waals surface area contributed by atoms with Gasteiger partial charge in [-0.05, 0) is 68.8 Å². The highest BCUT2D eigenvalue weighted by Crippen LogP contribution is 2.41. The molecule has 0 aliphatic heterocycles. The van der Waals surface area contributed by atoms with Crippen molar-refractivity contribution in [1.82, 2.24) is 15.0 Å². The van der Waals surface area contributed by atoms with Crippen molar-refractivity contribution in [2.24, 2.45) is 0 Å². The fraction of sp³-hybridized carbons (Fsp3) is 0. The van der Waals surface area contributed by atoms with Gasteiger partial charge in [-0.1, -0.05) is 176 Å². The van der Waals surface area contributed by atoms with E-state index in [-0.39, 0.29) is 17.2 Å². The summed E-state index contributed by atoms with van der Waals surface area (Å²) in [6.07, 6.45) is 0. The number of hydrogen-bond donors (Lipinski definition) is 0. The minimum Gasteiger partial charge on any atom is -0.456 e. The van der Waals surface area contributed by atoms with E-state index in [9.17, 15) is 0 Å². The number of hydrogen-bond acceptors (Lipinski definition) is 4. The SMILES string of the molecule is [2H]c1c([2H])c([2H])c(-c2nc(-c3ccc(-c4ccccc4)cc3)nc(-c3ccc4c(c3)oc3cc(-c5ccccc5)cc(-c5ccc(-c6ccccc6)cc5)c34)n2)c([2H])c1[2H]. The average molecular weight is 709 g/mol. The molecule has 0 unspecified atom stereocenters. The quantitative estimate of drug-likeness (QED) is 0.165. The van der Waals surface area contributed by atoms with Crippen LogP contribution in [0.4, 0.5) is 0 Å². The Morgan fingerprint density at radius 3 is 1.36 bits per heavy atom. The monoisotopic (exact) mass is 708 g/mol. The summed E-state index contributed by atoms with van der Waals surface area (Å²) in [6, 6.07) is 54.8. The molecule has 0 aliphatic rings. The number of furan rings is 1. The number of aromatic nitrogens is 3. The molecule has 2 aromatic heterocycles. The summed E-state index contributed by atoms with van der Waals surface area (Å²) in [4.78, 5) is 14.4. The highest BCUT2D eigenvalue weighted by atomic mass is 16.3. The predicted molar refractivity (Wildman–Crippen MR) is 225 cm³/mol. The number of rotatable bonds is 7. The molecule has 10 rings (SSSR count). The standard InChI is InChI=1S/C51H33N3O/c1-5-13-34(14-6-1)37-21-25-39(26-22-37)45-31-43(36-17-9-3-10-18-36)33-47-48(45)44-30-29-42(32-46(44)55-47)51-53-49(40-19-11-4-12-20-40)52-50(54-51)41-27-23-38(24-28-41)35-15-7-2-8-16-35/h1-33H/i4D,11D,12D,19D,20D. The second kappa shape index (κ2) is 13.8. The molecule has 2 heterocycles. The van der Waals surface area contributed by atoms with Crippen LogP contribution in [0.3, 0.4) is 0 Å². The van der Waals surface area contributed by atoms with Crippen LogP contribution in [-0.4, -0.2) is 15.0 Å². The van der Waals surface area contributed by atoms with Gasteiger partial charge in [-0.3, -0.25) is 0 Å². The Kier molecular flexibility index (Phi) is 6.85. The molecule has 0 atom stereocenters. The molecule has 258 valence electrons. The van der Waals surface area contributed by atoms with Gasteiger partial charge in [0.2, 0.25) is 0 Å². The van der Waals surface area contributed by atoms with Crippen molar-refractivity contribution in [1.29, 1.82) is 0 Å². The zero-order valence-corrected chi connectivity index (χ0v) is 29.4.